The van der Waals surface area contributed by atoms with Crippen molar-refractivity contribution in [3.63, 3.8) is 0 Å². The molecule has 2 N–H and O–H groups in total. The number of likely N-dealkylation sites (tertiary alicyclic amines) is 1. The largest absolute Gasteiger partial charge is 0.496 e. The lowest BCUT2D eigenvalue weighted by molar-refractivity contribution is 0.184. The zero-order valence-corrected chi connectivity index (χ0v) is 17.4. The summed E-state index contributed by atoms with van der Waals surface area (Å²) in [6.45, 7) is 3.10. The molecular formula is C22H26N4O4. The van der Waals surface area contributed by atoms with Crippen LogP contribution in [0.5, 0.6) is 11.5 Å². The number of benzene rings is 2. The first-order valence-electron chi connectivity index (χ1n) is 9.99. The van der Waals surface area contributed by atoms with Gasteiger partial charge in [0.25, 0.3) is 0 Å². The summed E-state index contributed by atoms with van der Waals surface area (Å²) in [5, 5.41) is 2.94. The van der Waals surface area contributed by atoms with Gasteiger partial charge in [0.1, 0.15) is 17.0 Å². The van der Waals surface area contributed by atoms with Gasteiger partial charge in [0, 0.05) is 30.9 Å². The minimum absolute atomic E-state index is 0.0295. The molecule has 2 heterocycles. The van der Waals surface area contributed by atoms with Crippen molar-refractivity contribution in [1.82, 2.24) is 14.5 Å². The van der Waals surface area contributed by atoms with Gasteiger partial charge in [-0.15, -0.1) is 0 Å². The van der Waals surface area contributed by atoms with E-state index >= 15 is 0 Å². The summed E-state index contributed by atoms with van der Waals surface area (Å²) in [5.74, 6) is 1.38. The Hall–Kier alpha value is -3.42. The highest BCUT2D eigenvalue weighted by Crippen LogP contribution is 2.29. The third kappa shape index (κ3) is 3.60. The van der Waals surface area contributed by atoms with Gasteiger partial charge in [-0.2, -0.15) is 0 Å². The van der Waals surface area contributed by atoms with Gasteiger partial charge < -0.3 is 24.7 Å². The van der Waals surface area contributed by atoms with Crippen molar-refractivity contribution >= 4 is 22.8 Å². The van der Waals surface area contributed by atoms with E-state index in [-0.39, 0.29) is 17.8 Å². The van der Waals surface area contributed by atoms with E-state index in [0.717, 1.165) is 16.8 Å². The molecule has 0 aliphatic carbocycles. The predicted molar refractivity (Wildman–Crippen MR) is 116 cm³/mol. The number of aromatic amines is 1. The summed E-state index contributed by atoms with van der Waals surface area (Å²) in [5.41, 5.74) is 3.10. The average Bonchev–Trinajstić information content (AvgIpc) is 3.10. The number of methoxy groups -OCH3 is 2. The lowest BCUT2D eigenvalue weighted by atomic mass is 10.0. The van der Waals surface area contributed by atoms with E-state index in [1.165, 1.54) is 0 Å². The Morgan fingerprint density at radius 1 is 1.10 bits per heavy atom. The van der Waals surface area contributed by atoms with Crippen molar-refractivity contribution < 1.29 is 14.3 Å². The number of H-pyrrole nitrogens is 1. The predicted octanol–water partition coefficient (Wildman–Crippen LogP) is 3.52. The fourth-order valence-corrected chi connectivity index (χ4v) is 4.08. The fourth-order valence-electron chi connectivity index (χ4n) is 4.08. The molecule has 158 valence electrons. The van der Waals surface area contributed by atoms with Gasteiger partial charge >= 0.3 is 11.7 Å². The molecule has 0 unspecified atom stereocenters. The Bertz CT molecular complexity index is 1130. The number of urea groups is 1. The number of nitrogens with zero attached hydrogens (tertiary/aromatic N) is 2. The maximum atomic E-state index is 12.7. The number of rotatable bonds is 4. The molecule has 2 aromatic carbocycles. The highest BCUT2D eigenvalue weighted by molar-refractivity contribution is 5.89. The summed E-state index contributed by atoms with van der Waals surface area (Å²) in [7, 11) is 3.20. The van der Waals surface area contributed by atoms with Gasteiger partial charge in [-0.3, -0.25) is 4.57 Å². The number of imidazole rings is 1. The van der Waals surface area contributed by atoms with Crippen LogP contribution in [0.15, 0.2) is 41.2 Å². The highest BCUT2D eigenvalue weighted by Gasteiger charge is 2.26. The van der Waals surface area contributed by atoms with E-state index in [9.17, 15) is 9.59 Å². The molecule has 0 spiro atoms. The van der Waals surface area contributed by atoms with Crippen LogP contribution in [0.1, 0.15) is 24.4 Å². The average molecular weight is 410 g/mol. The van der Waals surface area contributed by atoms with Crippen LogP contribution in [0.3, 0.4) is 0 Å². The molecule has 3 aromatic rings. The summed E-state index contributed by atoms with van der Waals surface area (Å²) < 4.78 is 12.5. The molecule has 0 bridgehead atoms. The number of hydrogen-bond acceptors (Lipinski definition) is 4. The third-order valence-corrected chi connectivity index (χ3v) is 5.71. The molecule has 1 saturated heterocycles. The Morgan fingerprint density at radius 2 is 1.83 bits per heavy atom. The molecular weight excluding hydrogens is 384 g/mol. The van der Waals surface area contributed by atoms with Crippen molar-refractivity contribution in [2.24, 2.45) is 0 Å². The molecule has 1 aromatic heterocycles. The van der Waals surface area contributed by atoms with E-state index in [0.29, 0.717) is 42.9 Å². The highest BCUT2D eigenvalue weighted by atomic mass is 16.5. The van der Waals surface area contributed by atoms with Gasteiger partial charge in [0.05, 0.1) is 19.7 Å². The normalized spacial score (nSPS) is 14.7. The zero-order chi connectivity index (χ0) is 21.3. The van der Waals surface area contributed by atoms with E-state index < -0.39 is 0 Å². The number of aromatic nitrogens is 2. The zero-order valence-electron chi connectivity index (χ0n) is 17.4. The van der Waals surface area contributed by atoms with E-state index in [4.69, 9.17) is 9.47 Å². The summed E-state index contributed by atoms with van der Waals surface area (Å²) >= 11 is 0. The Morgan fingerprint density at radius 3 is 2.53 bits per heavy atom. The first-order chi connectivity index (χ1) is 14.5. The minimum atomic E-state index is -0.149. The SMILES string of the molecule is COc1cc(NC(=O)N2CCC(n3c(=O)[nH]c4c(OC)cccc43)CC2)ccc1C. The lowest BCUT2D eigenvalue weighted by Gasteiger charge is -2.32. The van der Waals surface area contributed by atoms with Crippen LogP contribution in [0.4, 0.5) is 10.5 Å². The monoisotopic (exact) mass is 410 g/mol. The maximum Gasteiger partial charge on any atom is 0.326 e. The topological polar surface area (TPSA) is 88.6 Å². The van der Waals surface area contributed by atoms with Crippen LogP contribution in [-0.2, 0) is 0 Å². The molecule has 1 fully saturated rings. The number of carbonyl (C=O) groups is 1. The Labute approximate surface area is 174 Å². The molecule has 2 amide bonds. The van der Waals surface area contributed by atoms with Crippen LogP contribution < -0.4 is 20.5 Å². The second kappa shape index (κ2) is 8.14. The molecule has 4 rings (SSSR count). The summed E-state index contributed by atoms with van der Waals surface area (Å²) in [6.07, 6.45) is 1.41. The molecule has 1 aliphatic heterocycles. The number of piperidine rings is 1. The van der Waals surface area contributed by atoms with Gasteiger partial charge in [0.15, 0.2) is 0 Å². The van der Waals surface area contributed by atoms with Crippen molar-refractivity contribution in [3.8, 4) is 11.5 Å². The minimum Gasteiger partial charge on any atom is -0.496 e. The molecule has 0 saturated carbocycles. The van der Waals surface area contributed by atoms with Crippen LogP contribution in [0.25, 0.3) is 11.0 Å². The Kier molecular flexibility index (Phi) is 5.39. The van der Waals surface area contributed by atoms with E-state index in [1.807, 2.05) is 43.3 Å². The number of anilines is 1. The number of amides is 2. The van der Waals surface area contributed by atoms with Crippen LogP contribution in [0.2, 0.25) is 0 Å². The van der Waals surface area contributed by atoms with Crippen LogP contribution in [0, 0.1) is 6.92 Å². The first-order valence-corrected chi connectivity index (χ1v) is 9.99. The number of carbonyl (C=O) groups excluding carboxylic acids is 1. The van der Waals surface area contributed by atoms with Crippen molar-refractivity contribution in [1.29, 1.82) is 0 Å². The standard InChI is InChI=1S/C22H26N4O4/c1-14-7-8-15(13-19(14)30-3)23-21(27)25-11-9-16(10-12-25)26-17-5-4-6-18(29-2)20(17)24-22(26)28/h4-8,13,16H,9-12H2,1-3H3,(H,23,27)(H,24,28). The number of hydrogen-bond donors (Lipinski definition) is 2. The van der Waals surface area contributed by atoms with Crippen LogP contribution in [-0.4, -0.2) is 47.8 Å². The van der Waals surface area contributed by atoms with E-state index in [2.05, 4.69) is 10.3 Å². The van der Waals surface area contributed by atoms with E-state index in [1.54, 1.807) is 23.7 Å². The van der Waals surface area contributed by atoms with Gasteiger partial charge in [0.2, 0.25) is 0 Å². The maximum absolute atomic E-state index is 12.7. The molecule has 30 heavy (non-hydrogen) atoms. The summed E-state index contributed by atoms with van der Waals surface area (Å²) in [6, 6.07) is 11.1. The number of nitrogens with one attached hydrogen (secondary N) is 2. The number of ether oxygens (including phenoxy) is 2. The van der Waals surface area contributed by atoms with Gasteiger partial charge in [-0.05, 0) is 43.5 Å². The lowest BCUT2D eigenvalue weighted by Crippen LogP contribution is -2.42. The molecule has 1 aliphatic rings. The van der Waals surface area contributed by atoms with Crippen LogP contribution >= 0.6 is 0 Å². The third-order valence-electron chi connectivity index (χ3n) is 5.71. The van der Waals surface area contributed by atoms with Crippen molar-refractivity contribution in [2.45, 2.75) is 25.8 Å². The number of aryl methyl sites for hydroxylation is 1. The number of para-hydroxylation sites is 1. The summed E-state index contributed by atoms with van der Waals surface area (Å²) in [4.78, 5) is 30.0. The second-order valence-electron chi connectivity index (χ2n) is 7.49. The second-order valence-corrected chi connectivity index (χ2v) is 7.49. The quantitative estimate of drug-likeness (QED) is 0.689. The first kappa shape index (κ1) is 19.9. The number of fused-ring (bicyclic) bond motifs is 1. The molecule has 0 atom stereocenters. The fraction of sp³-hybridized carbons (Fsp3) is 0.364. The molecule has 8 nitrogen and oxygen atoms in total. The van der Waals surface area contributed by atoms with Crippen molar-refractivity contribution in [2.75, 3.05) is 32.6 Å². The smallest absolute Gasteiger partial charge is 0.326 e. The van der Waals surface area contributed by atoms with Gasteiger partial charge in [-0.25, -0.2) is 9.59 Å². The van der Waals surface area contributed by atoms with Crippen molar-refractivity contribution in [3.05, 3.63) is 52.4 Å². The Balaban J connectivity index is 1.45. The molecule has 8 heteroatoms. The van der Waals surface area contributed by atoms with Gasteiger partial charge in [-0.1, -0.05) is 12.1 Å². The molecule has 0 radical (unpaired) electrons.